The van der Waals surface area contributed by atoms with Crippen LogP contribution in [-0.4, -0.2) is 40.0 Å². The summed E-state index contributed by atoms with van der Waals surface area (Å²) in [6.45, 7) is 4.54. The van der Waals surface area contributed by atoms with Crippen molar-refractivity contribution in [3.8, 4) is 0 Å². The second kappa shape index (κ2) is 9.79. The van der Waals surface area contributed by atoms with Crippen molar-refractivity contribution >= 4 is 45.0 Å². The van der Waals surface area contributed by atoms with E-state index in [1.165, 1.54) is 11.3 Å². The van der Waals surface area contributed by atoms with E-state index in [0.29, 0.717) is 37.9 Å². The maximum absolute atomic E-state index is 13.3. The molecular weight excluding hydrogens is 438 g/mol. The van der Waals surface area contributed by atoms with Crippen molar-refractivity contribution in [1.29, 1.82) is 0 Å². The molecule has 4 rings (SSSR count). The molecule has 0 unspecified atom stereocenters. The van der Waals surface area contributed by atoms with E-state index in [9.17, 15) is 19.5 Å². The molecule has 2 aromatic heterocycles. The summed E-state index contributed by atoms with van der Waals surface area (Å²) in [6.07, 6.45) is 2.43. The van der Waals surface area contributed by atoms with Crippen LogP contribution in [0.4, 0.5) is 5.69 Å². The van der Waals surface area contributed by atoms with Crippen molar-refractivity contribution in [2.75, 3.05) is 11.4 Å². The lowest BCUT2D eigenvalue weighted by Gasteiger charge is -2.27. The highest BCUT2D eigenvalue weighted by atomic mass is 32.1. The number of carboxylic acid groups (broad SMARTS) is 1. The Morgan fingerprint density at radius 1 is 1.15 bits per heavy atom. The van der Waals surface area contributed by atoms with Crippen molar-refractivity contribution in [3.05, 3.63) is 53.0 Å². The van der Waals surface area contributed by atoms with Gasteiger partial charge in [0.15, 0.2) is 0 Å². The fourth-order valence-electron chi connectivity index (χ4n) is 4.60. The Morgan fingerprint density at radius 2 is 1.91 bits per heavy atom. The molecule has 2 amide bonds. The summed E-state index contributed by atoms with van der Waals surface area (Å²) >= 11 is 1.54. The summed E-state index contributed by atoms with van der Waals surface area (Å²) < 4.78 is 2.76. The van der Waals surface area contributed by atoms with Gasteiger partial charge in [0, 0.05) is 18.3 Å². The van der Waals surface area contributed by atoms with Gasteiger partial charge < -0.3 is 19.9 Å². The number of rotatable bonds is 7. The zero-order valence-electron chi connectivity index (χ0n) is 18.9. The number of thiophene rings is 1. The second-order valence-corrected chi connectivity index (χ2v) is 9.57. The first-order chi connectivity index (χ1) is 15.9. The van der Waals surface area contributed by atoms with E-state index >= 15 is 0 Å². The van der Waals surface area contributed by atoms with Crippen molar-refractivity contribution in [2.45, 2.75) is 52.1 Å². The molecule has 0 atom stereocenters. The van der Waals surface area contributed by atoms with Crippen molar-refractivity contribution in [3.63, 3.8) is 0 Å². The minimum absolute atomic E-state index is 0.0513. The molecule has 0 radical (unpaired) electrons. The molecule has 2 heterocycles. The number of anilines is 1. The summed E-state index contributed by atoms with van der Waals surface area (Å²) in [5.41, 5.74) is 3.26. The van der Waals surface area contributed by atoms with E-state index in [1.807, 2.05) is 55.6 Å². The van der Waals surface area contributed by atoms with Gasteiger partial charge in [0.25, 0.3) is 5.91 Å². The number of likely N-dealkylation sites (N-methyl/N-ethyl adjacent to an activating group) is 1. The second-order valence-electron chi connectivity index (χ2n) is 8.62. The number of aromatic nitrogens is 1. The Morgan fingerprint density at radius 3 is 2.58 bits per heavy atom. The Hall–Kier alpha value is -3.13. The molecule has 1 aliphatic rings. The van der Waals surface area contributed by atoms with E-state index in [-0.39, 0.29) is 30.3 Å². The van der Waals surface area contributed by atoms with E-state index in [2.05, 4.69) is 5.32 Å². The monoisotopic (exact) mass is 467 g/mol. The zero-order valence-corrected chi connectivity index (χ0v) is 19.7. The van der Waals surface area contributed by atoms with Gasteiger partial charge in [0.1, 0.15) is 12.2 Å². The van der Waals surface area contributed by atoms with Gasteiger partial charge in [-0.2, -0.15) is 0 Å². The third-order valence-corrected chi connectivity index (χ3v) is 7.24. The van der Waals surface area contributed by atoms with E-state index in [4.69, 9.17) is 0 Å². The largest absolute Gasteiger partial charge is 0.481 e. The molecule has 3 aromatic rings. The van der Waals surface area contributed by atoms with Crippen LogP contribution in [0.2, 0.25) is 0 Å². The average Bonchev–Trinajstić information content (AvgIpc) is 3.37. The predicted octanol–water partition coefficient (Wildman–Crippen LogP) is 4.44. The maximum atomic E-state index is 13.3. The highest BCUT2D eigenvalue weighted by Gasteiger charge is 2.28. The van der Waals surface area contributed by atoms with Crippen LogP contribution < -0.4 is 10.2 Å². The fraction of sp³-hybridized carbons (Fsp3) is 0.400. The van der Waals surface area contributed by atoms with E-state index in [1.54, 1.807) is 9.47 Å². The number of hydrogen-bond donors (Lipinski definition) is 2. The standard InChI is InChI=1S/C25H29N3O4S/c1-3-27(19-6-4-5-16(2)13-19)23(29)15-28-20-11-12-33-22(20)14-21(28)24(30)26-18-9-7-17(8-10-18)25(31)32/h4-6,11-14,17-18H,3,7-10,15H2,1-2H3,(H,26,30)(H,31,32). The number of nitrogens with one attached hydrogen (secondary N) is 1. The van der Waals surface area contributed by atoms with Gasteiger partial charge in [-0.1, -0.05) is 12.1 Å². The van der Waals surface area contributed by atoms with Gasteiger partial charge in [-0.05, 0) is 74.7 Å². The molecular formula is C25H29N3O4S. The smallest absolute Gasteiger partial charge is 0.306 e. The number of carbonyl (C=O) groups is 3. The summed E-state index contributed by atoms with van der Waals surface area (Å²) in [6, 6.07) is 11.6. The van der Waals surface area contributed by atoms with Crippen molar-refractivity contribution in [2.24, 2.45) is 5.92 Å². The highest BCUT2D eigenvalue weighted by molar-refractivity contribution is 7.17. The summed E-state index contributed by atoms with van der Waals surface area (Å²) in [4.78, 5) is 39.4. The number of hydrogen-bond acceptors (Lipinski definition) is 4. The van der Waals surface area contributed by atoms with Crippen molar-refractivity contribution < 1.29 is 19.5 Å². The SMILES string of the molecule is CCN(C(=O)Cn1c(C(=O)NC2CCC(C(=O)O)CC2)cc2sccc21)c1cccc(C)c1. The van der Waals surface area contributed by atoms with Crippen LogP contribution >= 0.6 is 11.3 Å². The molecule has 1 saturated carbocycles. The molecule has 0 spiro atoms. The van der Waals surface area contributed by atoms with Gasteiger partial charge in [0.2, 0.25) is 5.91 Å². The average molecular weight is 468 g/mol. The number of amides is 2. The minimum atomic E-state index is -0.763. The molecule has 174 valence electrons. The number of nitrogens with zero attached hydrogens (tertiary/aromatic N) is 2. The lowest BCUT2D eigenvalue weighted by Crippen LogP contribution is -2.40. The number of benzene rings is 1. The first-order valence-electron chi connectivity index (χ1n) is 11.3. The molecule has 1 fully saturated rings. The van der Waals surface area contributed by atoms with E-state index < -0.39 is 5.97 Å². The third-order valence-electron chi connectivity index (χ3n) is 6.39. The number of fused-ring (bicyclic) bond motifs is 1. The molecule has 1 aliphatic carbocycles. The normalized spacial score (nSPS) is 18.2. The Labute approximate surface area is 197 Å². The summed E-state index contributed by atoms with van der Waals surface area (Å²) in [5, 5.41) is 14.2. The molecule has 1 aromatic carbocycles. The lowest BCUT2D eigenvalue weighted by atomic mass is 9.86. The molecule has 33 heavy (non-hydrogen) atoms. The van der Waals surface area contributed by atoms with Gasteiger partial charge in [-0.15, -0.1) is 11.3 Å². The minimum Gasteiger partial charge on any atom is -0.481 e. The van der Waals surface area contributed by atoms with Gasteiger partial charge >= 0.3 is 5.97 Å². The zero-order chi connectivity index (χ0) is 23.5. The topological polar surface area (TPSA) is 91.6 Å². The van der Waals surface area contributed by atoms with Crippen LogP contribution in [0.5, 0.6) is 0 Å². The molecule has 2 N–H and O–H groups in total. The molecule has 8 heteroatoms. The first-order valence-corrected chi connectivity index (χ1v) is 12.2. The lowest BCUT2D eigenvalue weighted by molar-refractivity contribution is -0.142. The Balaban J connectivity index is 1.53. The van der Waals surface area contributed by atoms with Gasteiger partial charge in [0.05, 0.1) is 16.1 Å². The van der Waals surface area contributed by atoms with Gasteiger partial charge in [-0.3, -0.25) is 14.4 Å². The first kappa shape index (κ1) is 23.0. The number of carbonyl (C=O) groups excluding carboxylic acids is 2. The van der Waals surface area contributed by atoms with Gasteiger partial charge in [-0.25, -0.2) is 0 Å². The Kier molecular flexibility index (Phi) is 6.83. The third kappa shape index (κ3) is 4.95. The van der Waals surface area contributed by atoms with Crippen LogP contribution in [0, 0.1) is 12.8 Å². The fourth-order valence-corrected chi connectivity index (χ4v) is 5.42. The summed E-state index contributed by atoms with van der Waals surface area (Å²) in [7, 11) is 0. The van der Waals surface area contributed by atoms with E-state index in [0.717, 1.165) is 21.5 Å². The summed E-state index contributed by atoms with van der Waals surface area (Å²) in [5.74, 6) is -1.39. The molecule has 0 saturated heterocycles. The molecule has 0 aliphatic heterocycles. The molecule has 0 bridgehead atoms. The number of carboxylic acids is 1. The van der Waals surface area contributed by atoms with Crippen LogP contribution in [0.3, 0.4) is 0 Å². The predicted molar refractivity (Wildman–Crippen MR) is 130 cm³/mol. The van der Waals surface area contributed by atoms with Crippen LogP contribution in [0.15, 0.2) is 41.8 Å². The highest BCUT2D eigenvalue weighted by Crippen LogP contribution is 2.28. The number of aliphatic carboxylic acids is 1. The van der Waals surface area contributed by atoms with Crippen LogP contribution in [0.25, 0.3) is 10.2 Å². The molecule has 7 nitrogen and oxygen atoms in total. The quantitative estimate of drug-likeness (QED) is 0.537. The van der Waals surface area contributed by atoms with Crippen LogP contribution in [0.1, 0.15) is 48.7 Å². The van der Waals surface area contributed by atoms with Crippen molar-refractivity contribution in [1.82, 2.24) is 9.88 Å². The maximum Gasteiger partial charge on any atom is 0.306 e. The number of aryl methyl sites for hydroxylation is 1. The Bertz CT molecular complexity index is 1170. The van der Waals surface area contributed by atoms with Crippen LogP contribution in [-0.2, 0) is 16.1 Å².